The Bertz CT molecular complexity index is 1180. The molecule has 0 N–H and O–H groups in total. The number of anilines is 2. The lowest BCUT2D eigenvalue weighted by molar-refractivity contribution is 0.0979. The molecule has 0 saturated carbocycles. The van der Waals surface area contributed by atoms with Gasteiger partial charge in [0.25, 0.3) is 5.91 Å². The van der Waals surface area contributed by atoms with Crippen molar-refractivity contribution in [1.29, 1.82) is 0 Å². The average molecular weight is 465 g/mol. The third kappa shape index (κ3) is 4.72. The zero-order valence-electron chi connectivity index (χ0n) is 19.9. The van der Waals surface area contributed by atoms with Gasteiger partial charge in [0.1, 0.15) is 11.6 Å². The number of nitrogens with zero attached hydrogens (tertiary/aromatic N) is 4. The van der Waals surface area contributed by atoms with Gasteiger partial charge in [0, 0.05) is 36.4 Å². The molecule has 1 amide bonds. The minimum Gasteiger partial charge on any atom is -0.497 e. The highest BCUT2D eigenvalue weighted by Gasteiger charge is 2.29. The number of benzene rings is 2. The first kappa shape index (κ1) is 23.6. The van der Waals surface area contributed by atoms with E-state index >= 15 is 0 Å². The first-order valence-electron chi connectivity index (χ1n) is 11.3. The number of hydrogen-bond acceptors (Lipinski definition) is 6. The normalized spacial score (nSPS) is 13.8. The number of morpholine rings is 1. The van der Waals surface area contributed by atoms with E-state index in [1.54, 1.807) is 43.2 Å². The van der Waals surface area contributed by atoms with Gasteiger partial charge in [-0.2, -0.15) is 0 Å². The molecular formula is C26H29FN4O3. The maximum absolute atomic E-state index is 15.0. The van der Waals surface area contributed by atoms with Gasteiger partial charge in [0.2, 0.25) is 5.95 Å². The van der Waals surface area contributed by atoms with Crippen molar-refractivity contribution < 1.29 is 18.7 Å². The Labute approximate surface area is 199 Å². The van der Waals surface area contributed by atoms with E-state index < -0.39 is 5.82 Å². The second kappa shape index (κ2) is 10.2. The lowest BCUT2D eigenvalue weighted by Crippen LogP contribution is -2.39. The molecule has 34 heavy (non-hydrogen) atoms. The molecule has 0 bridgehead atoms. The fraction of sp³-hybridized carbons (Fsp3) is 0.346. The second-order valence-corrected chi connectivity index (χ2v) is 8.38. The molecule has 1 aliphatic rings. The third-order valence-corrected chi connectivity index (χ3v) is 5.78. The van der Waals surface area contributed by atoms with E-state index in [1.807, 2.05) is 36.9 Å². The number of carbonyl (C=O) groups is 1. The molecule has 0 atom stereocenters. The predicted molar refractivity (Wildman–Crippen MR) is 130 cm³/mol. The summed E-state index contributed by atoms with van der Waals surface area (Å²) in [4.78, 5) is 27.1. The van der Waals surface area contributed by atoms with E-state index in [2.05, 4.69) is 4.98 Å². The van der Waals surface area contributed by atoms with Gasteiger partial charge in [-0.3, -0.25) is 4.79 Å². The highest BCUT2D eigenvalue weighted by Crippen LogP contribution is 2.32. The summed E-state index contributed by atoms with van der Waals surface area (Å²) in [6, 6.07) is 13.5. The topological polar surface area (TPSA) is 67.8 Å². The quantitative estimate of drug-likeness (QED) is 0.536. The maximum atomic E-state index is 15.0. The summed E-state index contributed by atoms with van der Waals surface area (Å²) in [5.41, 5.74) is 1.99. The molecule has 1 aromatic heterocycles. The molecule has 0 unspecified atom stereocenters. The molecule has 0 spiro atoms. The minimum absolute atomic E-state index is 0.175. The fourth-order valence-corrected chi connectivity index (χ4v) is 4.10. The van der Waals surface area contributed by atoms with Crippen LogP contribution >= 0.6 is 0 Å². The number of rotatable bonds is 6. The monoisotopic (exact) mass is 464 g/mol. The van der Waals surface area contributed by atoms with Crippen molar-refractivity contribution in [2.75, 3.05) is 43.2 Å². The van der Waals surface area contributed by atoms with Gasteiger partial charge >= 0.3 is 0 Å². The van der Waals surface area contributed by atoms with Crippen LogP contribution in [0, 0.1) is 12.7 Å². The van der Waals surface area contributed by atoms with Crippen LogP contribution in [-0.4, -0.2) is 55.3 Å². The number of methoxy groups -OCH3 is 1. The number of amides is 1. The van der Waals surface area contributed by atoms with Gasteiger partial charge in [-0.05, 0) is 45.0 Å². The summed E-state index contributed by atoms with van der Waals surface area (Å²) in [6.45, 7) is 8.02. The van der Waals surface area contributed by atoms with E-state index in [-0.39, 0.29) is 28.8 Å². The summed E-state index contributed by atoms with van der Waals surface area (Å²) >= 11 is 0. The molecular weight excluding hydrogens is 435 g/mol. The van der Waals surface area contributed by atoms with Gasteiger partial charge in [0.05, 0.1) is 37.3 Å². The minimum atomic E-state index is -0.444. The third-order valence-electron chi connectivity index (χ3n) is 5.78. The zero-order chi connectivity index (χ0) is 24.2. The molecule has 0 radical (unpaired) electrons. The predicted octanol–water partition coefficient (Wildman–Crippen LogP) is 4.49. The summed E-state index contributed by atoms with van der Waals surface area (Å²) in [5, 5.41) is 0. The number of carbonyl (C=O) groups excluding carboxylic acids is 1. The van der Waals surface area contributed by atoms with Crippen LogP contribution in [0.15, 0.2) is 48.5 Å². The van der Waals surface area contributed by atoms with E-state index in [0.717, 1.165) is 0 Å². The number of aryl methyl sites for hydroxylation is 1. The number of aromatic nitrogens is 2. The summed E-state index contributed by atoms with van der Waals surface area (Å²) in [7, 11) is 1.58. The molecule has 7 nitrogen and oxygen atoms in total. The Morgan fingerprint density at radius 3 is 2.53 bits per heavy atom. The molecule has 2 aromatic carbocycles. The van der Waals surface area contributed by atoms with E-state index in [0.29, 0.717) is 49.4 Å². The molecule has 0 aliphatic carbocycles. The summed E-state index contributed by atoms with van der Waals surface area (Å²) in [5.74, 6) is 0.363. The van der Waals surface area contributed by atoms with Crippen LogP contribution in [0.2, 0.25) is 0 Å². The van der Waals surface area contributed by atoms with Gasteiger partial charge in [0.15, 0.2) is 0 Å². The number of ether oxygens (including phenoxy) is 2. The van der Waals surface area contributed by atoms with Crippen LogP contribution in [-0.2, 0) is 4.74 Å². The molecule has 1 saturated heterocycles. The SMILES string of the molecule is COc1cccc(N(C(=O)c2c(C)nc(N3CCOCC3)nc2-c2ccccc2F)C(C)C)c1. The van der Waals surface area contributed by atoms with Crippen LogP contribution in [0.25, 0.3) is 11.3 Å². The first-order chi connectivity index (χ1) is 16.4. The molecule has 2 heterocycles. The zero-order valence-corrected chi connectivity index (χ0v) is 19.9. The Morgan fingerprint density at radius 1 is 1.12 bits per heavy atom. The van der Waals surface area contributed by atoms with Crippen molar-refractivity contribution >= 4 is 17.5 Å². The van der Waals surface area contributed by atoms with Crippen LogP contribution < -0.4 is 14.5 Å². The highest BCUT2D eigenvalue weighted by molar-refractivity contribution is 6.11. The summed E-state index contributed by atoms with van der Waals surface area (Å²) < 4.78 is 25.8. The van der Waals surface area contributed by atoms with Crippen molar-refractivity contribution in [1.82, 2.24) is 9.97 Å². The van der Waals surface area contributed by atoms with Crippen LogP contribution in [0.3, 0.4) is 0 Å². The van der Waals surface area contributed by atoms with Gasteiger partial charge in [-0.15, -0.1) is 0 Å². The Hall–Kier alpha value is -3.52. The Kier molecular flexibility index (Phi) is 7.07. The van der Waals surface area contributed by atoms with Crippen molar-refractivity contribution in [3.8, 4) is 17.0 Å². The van der Waals surface area contributed by atoms with E-state index in [4.69, 9.17) is 14.5 Å². The molecule has 3 aromatic rings. The molecule has 178 valence electrons. The maximum Gasteiger partial charge on any atom is 0.262 e. The van der Waals surface area contributed by atoms with Gasteiger partial charge in [-0.1, -0.05) is 18.2 Å². The van der Waals surface area contributed by atoms with Crippen molar-refractivity contribution in [2.45, 2.75) is 26.8 Å². The largest absolute Gasteiger partial charge is 0.497 e. The highest BCUT2D eigenvalue weighted by atomic mass is 19.1. The molecule has 8 heteroatoms. The van der Waals surface area contributed by atoms with Crippen LogP contribution in [0.4, 0.5) is 16.0 Å². The van der Waals surface area contributed by atoms with E-state index in [9.17, 15) is 9.18 Å². The Morgan fingerprint density at radius 2 is 1.85 bits per heavy atom. The lowest BCUT2D eigenvalue weighted by atomic mass is 10.0. The van der Waals surface area contributed by atoms with E-state index in [1.165, 1.54) is 6.07 Å². The average Bonchev–Trinajstić information content (AvgIpc) is 2.84. The van der Waals surface area contributed by atoms with Gasteiger partial charge < -0.3 is 19.3 Å². The van der Waals surface area contributed by atoms with Crippen molar-refractivity contribution in [2.24, 2.45) is 0 Å². The van der Waals surface area contributed by atoms with Crippen LogP contribution in [0.5, 0.6) is 5.75 Å². The van der Waals surface area contributed by atoms with Crippen molar-refractivity contribution in [3.63, 3.8) is 0 Å². The molecule has 1 fully saturated rings. The number of hydrogen-bond donors (Lipinski definition) is 0. The molecule has 4 rings (SSSR count). The second-order valence-electron chi connectivity index (χ2n) is 8.38. The number of halogens is 1. The van der Waals surface area contributed by atoms with Gasteiger partial charge in [-0.25, -0.2) is 14.4 Å². The van der Waals surface area contributed by atoms with Crippen molar-refractivity contribution in [3.05, 3.63) is 65.6 Å². The smallest absolute Gasteiger partial charge is 0.262 e. The fourth-order valence-electron chi connectivity index (χ4n) is 4.10. The lowest BCUT2D eigenvalue weighted by Gasteiger charge is -2.30. The first-order valence-corrected chi connectivity index (χ1v) is 11.3. The van der Waals surface area contributed by atoms with Crippen LogP contribution in [0.1, 0.15) is 29.9 Å². The standard InChI is InChI=1S/C26H29FN4O3/c1-17(2)31(19-8-7-9-20(16-19)33-4)25(32)23-18(3)28-26(30-12-14-34-15-13-30)29-24(23)21-10-5-6-11-22(21)27/h5-11,16-17H,12-15H2,1-4H3. The Balaban J connectivity index is 1.88. The summed E-state index contributed by atoms with van der Waals surface area (Å²) in [6.07, 6.45) is 0. The molecule has 1 aliphatic heterocycles.